The van der Waals surface area contributed by atoms with Crippen LogP contribution >= 0.6 is 0 Å². The van der Waals surface area contributed by atoms with E-state index in [0.717, 1.165) is 31.0 Å². The van der Waals surface area contributed by atoms with Gasteiger partial charge in [0.05, 0.1) is 6.04 Å². The molecule has 1 aliphatic rings. The highest BCUT2D eigenvalue weighted by atomic mass is 16.1. The van der Waals surface area contributed by atoms with Gasteiger partial charge in [0.2, 0.25) is 0 Å². The van der Waals surface area contributed by atoms with Gasteiger partial charge in [-0.05, 0) is 31.9 Å². The predicted octanol–water partition coefficient (Wildman–Crippen LogP) is 0.676. The van der Waals surface area contributed by atoms with E-state index in [2.05, 4.69) is 30.3 Å². The summed E-state index contributed by atoms with van der Waals surface area (Å²) in [5.74, 6) is 1.92. The average Bonchev–Trinajstić information content (AvgIpc) is 2.92. The Morgan fingerprint density at radius 2 is 2.14 bits per heavy atom. The summed E-state index contributed by atoms with van der Waals surface area (Å²) >= 11 is 0. The molecule has 21 heavy (non-hydrogen) atoms. The Morgan fingerprint density at radius 1 is 1.29 bits per heavy atom. The molecule has 0 spiro atoms. The number of anilines is 1. The fraction of sp³-hybridized carbons (Fsp3) is 0.462. The maximum absolute atomic E-state index is 11.0. The summed E-state index contributed by atoms with van der Waals surface area (Å²) in [6, 6.07) is 3.18. The van der Waals surface area contributed by atoms with Crippen LogP contribution in [0.4, 0.5) is 5.82 Å². The summed E-state index contributed by atoms with van der Waals surface area (Å²) in [6.45, 7) is 2.95. The maximum Gasteiger partial charge on any atom is 0.269 e. The first-order chi connectivity index (χ1) is 10.1. The number of aryl methyl sites for hydroxylation is 1. The first kappa shape index (κ1) is 13.5. The average molecular weight is 287 g/mol. The van der Waals surface area contributed by atoms with Gasteiger partial charge in [0, 0.05) is 13.0 Å². The molecule has 0 aromatic carbocycles. The first-order valence-electron chi connectivity index (χ1n) is 6.97. The van der Waals surface area contributed by atoms with Gasteiger partial charge >= 0.3 is 0 Å². The van der Waals surface area contributed by atoms with Crippen LogP contribution in [-0.2, 0) is 13.0 Å². The van der Waals surface area contributed by atoms with Crippen molar-refractivity contribution in [2.45, 2.75) is 38.8 Å². The van der Waals surface area contributed by atoms with Crippen LogP contribution in [0.5, 0.6) is 0 Å². The molecule has 8 heteroatoms. The number of nitrogens with zero attached hydrogens (tertiary/aromatic N) is 5. The van der Waals surface area contributed by atoms with Gasteiger partial charge in [0.1, 0.15) is 11.6 Å². The van der Waals surface area contributed by atoms with Crippen molar-refractivity contribution in [3.05, 3.63) is 29.5 Å². The number of nitrogens with one attached hydrogen (secondary N) is 1. The smallest absolute Gasteiger partial charge is 0.269 e. The zero-order chi connectivity index (χ0) is 14.8. The van der Waals surface area contributed by atoms with E-state index in [9.17, 15) is 4.79 Å². The van der Waals surface area contributed by atoms with E-state index >= 15 is 0 Å². The van der Waals surface area contributed by atoms with Gasteiger partial charge in [-0.25, -0.2) is 0 Å². The Bertz CT molecular complexity index is 649. The van der Waals surface area contributed by atoms with E-state index in [4.69, 9.17) is 5.73 Å². The van der Waals surface area contributed by atoms with Crippen LogP contribution in [0, 0.1) is 0 Å². The number of primary amides is 1. The minimum atomic E-state index is -0.589. The molecule has 3 rings (SSSR count). The number of carbonyl (C=O) groups excluding carboxylic acids is 1. The number of hydrogen-bond acceptors (Lipinski definition) is 6. The second-order valence-electron chi connectivity index (χ2n) is 5.12. The third kappa shape index (κ3) is 2.69. The zero-order valence-electron chi connectivity index (χ0n) is 11.8. The van der Waals surface area contributed by atoms with E-state index in [1.165, 1.54) is 6.42 Å². The van der Waals surface area contributed by atoms with Crippen molar-refractivity contribution in [1.82, 2.24) is 25.0 Å². The largest absolute Gasteiger partial charge is 0.364 e. The van der Waals surface area contributed by atoms with E-state index in [1.807, 2.05) is 6.92 Å². The highest BCUT2D eigenvalue weighted by Gasteiger charge is 2.20. The standard InChI is InChI=1S/C13H17N7O/c1-8(13-19-18-11-4-2-3-7-20(11)13)15-10-6-5-9(12(14)21)16-17-10/h5-6,8H,2-4,7H2,1H3,(H2,14,21)(H,15,17). The normalized spacial score (nSPS) is 15.3. The topological polar surface area (TPSA) is 112 Å². The Hall–Kier alpha value is -2.51. The van der Waals surface area contributed by atoms with Gasteiger partial charge in [-0.3, -0.25) is 4.79 Å². The summed E-state index contributed by atoms with van der Waals surface area (Å²) in [5.41, 5.74) is 5.28. The molecule has 1 aliphatic heterocycles. The van der Waals surface area contributed by atoms with Gasteiger partial charge in [0.15, 0.2) is 11.5 Å². The third-order valence-corrected chi connectivity index (χ3v) is 3.56. The van der Waals surface area contributed by atoms with Crippen molar-refractivity contribution >= 4 is 11.7 Å². The van der Waals surface area contributed by atoms with E-state index in [-0.39, 0.29) is 11.7 Å². The molecule has 0 fully saturated rings. The van der Waals surface area contributed by atoms with Crippen molar-refractivity contribution in [3.63, 3.8) is 0 Å². The molecule has 1 atom stereocenters. The van der Waals surface area contributed by atoms with Gasteiger partial charge in [-0.1, -0.05) is 0 Å². The third-order valence-electron chi connectivity index (χ3n) is 3.56. The number of nitrogens with two attached hydrogens (primary N) is 1. The van der Waals surface area contributed by atoms with Crippen LogP contribution in [0.25, 0.3) is 0 Å². The van der Waals surface area contributed by atoms with Crippen LogP contribution in [0.2, 0.25) is 0 Å². The molecular formula is C13H17N7O. The summed E-state index contributed by atoms with van der Waals surface area (Å²) < 4.78 is 2.16. The van der Waals surface area contributed by atoms with Gasteiger partial charge < -0.3 is 15.6 Å². The monoisotopic (exact) mass is 287 g/mol. The molecule has 0 bridgehead atoms. The van der Waals surface area contributed by atoms with Crippen molar-refractivity contribution in [3.8, 4) is 0 Å². The first-order valence-corrected chi connectivity index (χ1v) is 6.97. The Labute approximate surface area is 121 Å². The van der Waals surface area contributed by atoms with Crippen molar-refractivity contribution < 1.29 is 4.79 Å². The van der Waals surface area contributed by atoms with Crippen molar-refractivity contribution in [2.75, 3.05) is 5.32 Å². The van der Waals surface area contributed by atoms with Crippen LogP contribution < -0.4 is 11.1 Å². The number of amides is 1. The highest BCUT2D eigenvalue weighted by molar-refractivity contribution is 5.90. The van der Waals surface area contributed by atoms with Gasteiger partial charge in [0.25, 0.3) is 5.91 Å². The lowest BCUT2D eigenvalue weighted by molar-refractivity contribution is 0.0994. The minimum Gasteiger partial charge on any atom is -0.364 e. The molecule has 0 radical (unpaired) electrons. The van der Waals surface area contributed by atoms with E-state index in [1.54, 1.807) is 12.1 Å². The predicted molar refractivity (Wildman–Crippen MR) is 75.5 cm³/mol. The maximum atomic E-state index is 11.0. The number of aromatic nitrogens is 5. The molecule has 3 heterocycles. The lowest BCUT2D eigenvalue weighted by Gasteiger charge is -2.18. The van der Waals surface area contributed by atoms with Crippen LogP contribution in [-0.4, -0.2) is 30.9 Å². The Morgan fingerprint density at radius 3 is 2.86 bits per heavy atom. The fourth-order valence-corrected chi connectivity index (χ4v) is 2.48. The van der Waals surface area contributed by atoms with Crippen molar-refractivity contribution in [1.29, 1.82) is 0 Å². The van der Waals surface area contributed by atoms with Crippen LogP contribution in [0.3, 0.4) is 0 Å². The molecular weight excluding hydrogens is 270 g/mol. The molecule has 0 saturated heterocycles. The number of fused-ring (bicyclic) bond motifs is 1. The lowest BCUT2D eigenvalue weighted by Crippen LogP contribution is -2.19. The van der Waals surface area contributed by atoms with E-state index < -0.39 is 5.91 Å². The van der Waals surface area contributed by atoms with Gasteiger partial charge in [-0.2, -0.15) is 0 Å². The van der Waals surface area contributed by atoms with E-state index in [0.29, 0.717) is 5.82 Å². The van der Waals surface area contributed by atoms with Crippen LogP contribution in [0.15, 0.2) is 12.1 Å². The molecule has 1 amide bonds. The SMILES string of the molecule is CC(Nc1ccc(C(N)=O)nn1)c1nnc2n1CCCC2. The molecule has 2 aromatic heterocycles. The van der Waals surface area contributed by atoms with Crippen LogP contribution in [0.1, 0.15) is 47.9 Å². The molecule has 2 aromatic rings. The quantitative estimate of drug-likeness (QED) is 0.855. The summed E-state index contributed by atoms with van der Waals surface area (Å²) in [7, 11) is 0. The number of hydrogen-bond donors (Lipinski definition) is 2. The Kier molecular flexibility index (Phi) is 3.51. The molecule has 110 valence electrons. The van der Waals surface area contributed by atoms with Crippen molar-refractivity contribution in [2.24, 2.45) is 5.73 Å². The molecule has 1 unspecified atom stereocenters. The molecule has 0 saturated carbocycles. The summed E-state index contributed by atoms with van der Waals surface area (Å²) in [6.07, 6.45) is 3.30. The number of carbonyl (C=O) groups is 1. The van der Waals surface area contributed by atoms with Gasteiger partial charge in [-0.15, -0.1) is 20.4 Å². The highest BCUT2D eigenvalue weighted by Crippen LogP contribution is 2.21. The minimum absolute atomic E-state index is 0.0434. The summed E-state index contributed by atoms with van der Waals surface area (Å²) in [4.78, 5) is 11.0. The second-order valence-corrected chi connectivity index (χ2v) is 5.12. The summed E-state index contributed by atoms with van der Waals surface area (Å²) in [5, 5.41) is 19.4. The molecule has 0 aliphatic carbocycles. The lowest BCUT2D eigenvalue weighted by atomic mass is 10.1. The molecule has 8 nitrogen and oxygen atoms in total. The fourth-order valence-electron chi connectivity index (χ4n) is 2.48. The zero-order valence-corrected chi connectivity index (χ0v) is 11.8. The molecule has 3 N–H and O–H groups in total. The number of rotatable bonds is 4. The Balaban J connectivity index is 1.75. The second kappa shape index (κ2) is 5.47.